The van der Waals surface area contributed by atoms with Gasteiger partial charge in [-0.05, 0) is 41.5 Å². The highest BCUT2D eigenvalue weighted by molar-refractivity contribution is 5.86. The maximum absolute atomic E-state index is 13.1. The van der Waals surface area contributed by atoms with Crippen LogP contribution in [0, 0.1) is 0 Å². The summed E-state index contributed by atoms with van der Waals surface area (Å²) in [5.41, 5.74) is 3.08. The van der Waals surface area contributed by atoms with Gasteiger partial charge >= 0.3 is 12.1 Å². The number of aliphatic carboxylic acids is 1. The van der Waals surface area contributed by atoms with Gasteiger partial charge in [-0.15, -0.1) is 0 Å². The first-order chi connectivity index (χ1) is 16.8. The summed E-state index contributed by atoms with van der Waals surface area (Å²) in [5.74, 6) is -1.65. The molecule has 35 heavy (non-hydrogen) atoms. The normalized spacial score (nSPS) is 17.3. The van der Waals surface area contributed by atoms with Crippen LogP contribution in [0.15, 0.2) is 48.5 Å². The Hall–Kier alpha value is -3.43. The Kier molecular flexibility index (Phi) is 7.37. The number of carboxylic acids is 1. The third kappa shape index (κ3) is 5.47. The van der Waals surface area contributed by atoms with Crippen molar-refractivity contribution >= 4 is 18.0 Å². The third-order valence-electron chi connectivity index (χ3n) is 6.88. The van der Waals surface area contributed by atoms with Gasteiger partial charge < -0.3 is 30.3 Å². The Balaban J connectivity index is 1.40. The molecule has 1 saturated heterocycles. The van der Waals surface area contributed by atoms with Gasteiger partial charge in [0.05, 0.1) is 12.2 Å². The van der Waals surface area contributed by atoms with E-state index in [0.29, 0.717) is 0 Å². The molecule has 0 aromatic heterocycles. The van der Waals surface area contributed by atoms with Crippen molar-refractivity contribution in [3.05, 3.63) is 59.7 Å². The fourth-order valence-electron chi connectivity index (χ4n) is 4.83. The maximum atomic E-state index is 13.1. The number of carboxylic acid groups (broad SMARTS) is 1. The van der Waals surface area contributed by atoms with Crippen molar-refractivity contribution in [3.8, 4) is 11.1 Å². The first-order valence-corrected chi connectivity index (χ1v) is 11.8. The van der Waals surface area contributed by atoms with Crippen molar-refractivity contribution < 1.29 is 34.4 Å². The van der Waals surface area contributed by atoms with E-state index in [1.165, 1.54) is 4.90 Å². The van der Waals surface area contributed by atoms with Crippen LogP contribution in [-0.4, -0.2) is 76.1 Å². The van der Waals surface area contributed by atoms with Crippen molar-refractivity contribution in [2.45, 2.75) is 43.2 Å². The number of hydrogen-bond donors (Lipinski definition) is 4. The second-order valence-electron chi connectivity index (χ2n) is 9.16. The van der Waals surface area contributed by atoms with Crippen LogP contribution >= 0.6 is 0 Å². The van der Waals surface area contributed by atoms with Crippen LogP contribution < -0.4 is 5.32 Å². The number of carbonyl (C=O) groups is 3. The van der Waals surface area contributed by atoms with Gasteiger partial charge in [-0.25, -0.2) is 4.79 Å². The van der Waals surface area contributed by atoms with Crippen LogP contribution in [-0.2, 0) is 14.3 Å². The minimum absolute atomic E-state index is 0.0763. The number of ether oxygens (including phenoxy) is 1. The summed E-state index contributed by atoms with van der Waals surface area (Å²) in [6, 6.07) is 14.8. The predicted octanol–water partition coefficient (Wildman–Crippen LogP) is 2.10. The molecule has 1 heterocycles. The molecule has 0 spiro atoms. The lowest BCUT2D eigenvalue weighted by atomic mass is 9.92. The molecule has 2 aromatic rings. The number of likely N-dealkylation sites (tertiary alicyclic amines) is 1. The van der Waals surface area contributed by atoms with E-state index in [0.717, 1.165) is 22.3 Å². The smallest absolute Gasteiger partial charge is 0.407 e. The van der Waals surface area contributed by atoms with Gasteiger partial charge in [-0.3, -0.25) is 9.59 Å². The minimum Gasteiger partial charge on any atom is -0.481 e. The van der Waals surface area contributed by atoms with E-state index < -0.39 is 36.2 Å². The van der Waals surface area contributed by atoms with E-state index >= 15 is 0 Å². The number of piperidine rings is 1. The highest BCUT2D eigenvalue weighted by Crippen LogP contribution is 2.44. The summed E-state index contributed by atoms with van der Waals surface area (Å²) >= 11 is 0. The fourth-order valence-corrected chi connectivity index (χ4v) is 4.83. The number of amides is 2. The second-order valence-corrected chi connectivity index (χ2v) is 9.16. The molecule has 0 radical (unpaired) electrons. The number of aliphatic hydroxyl groups excluding tert-OH is 1. The Morgan fingerprint density at radius 2 is 1.60 bits per heavy atom. The van der Waals surface area contributed by atoms with E-state index in [1.54, 1.807) is 0 Å². The predicted molar refractivity (Wildman–Crippen MR) is 127 cm³/mol. The summed E-state index contributed by atoms with van der Waals surface area (Å²) < 4.78 is 5.52. The molecule has 2 aromatic carbocycles. The number of nitrogens with zero attached hydrogens (tertiary/aromatic N) is 1. The first-order valence-electron chi connectivity index (χ1n) is 11.8. The minimum atomic E-state index is -1.23. The van der Waals surface area contributed by atoms with Gasteiger partial charge in [0.1, 0.15) is 12.6 Å². The molecule has 0 bridgehead atoms. The van der Waals surface area contributed by atoms with Gasteiger partial charge in [0.2, 0.25) is 5.91 Å². The zero-order chi connectivity index (χ0) is 25.0. The van der Waals surface area contributed by atoms with Gasteiger partial charge in [-0.2, -0.15) is 0 Å². The van der Waals surface area contributed by atoms with Crippen LogP contribution in [0.3, 0.4) is 0 Å². The second kappa shape index (κ2) is 10.5. The number of hydrogen-bond acceptors (Lipinski definition) is 6. The van der Waals surface area contributed by atoms with Crippen LogP contribution in [0.25, 0.3) is 11.1 Å². The molecule has 1 aliphatic heterocycles. The van der Waals surface area contributed by atoms with Gasteiger partial charge in [-0.1, -0.05) is 48.5 Å². The summed E-state index contributed by atoms with van der Waals surface area (Å²) in [4.78, 5) is 38.3. The summed E-state index contributed by atoms with van der Waals surface area (Å²) in [5, 5.41) is 31.2. The first kappa shape index (κ1) is 24.7. The molecular weight excluding hydrogens is 452 g/mol. The van der Waals surface area contributed by atoms with Gasteiger partial charge in [0.25, 0.3) is 0 Å². The lowest BCUT2D eigenvalue weighted by molar-refractivity contribution is -0.140. The monoisotopic (exact) mass is 482 g/mol. The number of rotatable bonds is 8. The Labute approximate surface area is 203 Å². The summed E-state index contributed by atoms with van der Waals surface area (Å²) in [7, 11) is 0. The third-order valence-corrected chi connectivity index (χ3v) is 6.88. The number of carbonyl (C=O) groups excluding carboxylic acids is 2. The van der Waals surface area contributed by atoms with E-state index in [9.17, 15) is 24.6 Å². The van der Waals surface area contributed by atoms with Crippen molar-refractivity contribution in [2.24, 2.45) is 0 Å². The summed E-state index contributed by atoms with van der Waals surface area (Å²) in [6.45, 7) is 0.0834. The maximum Gasteiger partial charge on any atom is 0.407 e. The highest BCUT2D eigenvalue weighted by Gasteiger charge is 2.36. The number of aliphatic hydroxyl groups is 2. The van der Waals surface area contributed by atoms with E-state index in [4.69, 9.17) is 9.84 Å². The van der Waals surface area contributed by atoms with Crippen LogP contribution in [0.4, 0.5) is 4.79 Å². The molecule has 9 heteroatoms. The molecule has 0 saturated carbocycles. The fraction of sp³-hybridized carbons (Fsp3) is 0.423. The van der Waals surface area contributed by atoms with Crippen LogP contribution in [0.1, 0.15) is 42.7 Å². The number of fused-ring (bicyclic) bond motifs is 3. The number of alkyl carbamates (subject to hydrolysis) is 1. The molecule has 1 unspecified atom stereocenters. The topological polar surface area (TPSA) is 136 Å². The molecule has 2 aliphatic rings. The molecule has 1 atom stereocenters. The van der Waals surface area contributed by atoms with Crippen LogP contribution in [0.5, 0.6) is 0 Å². The van der Waals surface area contributed by atoms with Gasteiger partial charge in [0, 0.05) is 25.4 Å². The molecule has 2 amide bonds. The molecular formula is C26H30N2O7. The average Bonchev–Trinajstić information content (AvgIpc) is 3.19. The number of nitrogens with one attached hydrogen (secondary N) is 1. The largest absolute Gasteiger partial charge is 0.481 e. The Morgan fingerprint density at radius 1 is 1.03 bits per heavy atom. The molecule has 9 nitrogen and oxygen atoms in total. The zero-order valence-corrected chi connectivity index (χ0v) is 19.4. The zero-order valence-electron chi connectivity index (χ0n) is 19.4. The average molecular weight is 483 g/mol. The number of benzene rings is 2. The molecule has 186 valence electrons. The van der Waals surface area contributed by atoms with E-state index in [-0.39, 0.29) is 51.3 Å². The Bertz CT molecular complexity index is 1050. The standard InChI is InChI=1S/C26H30N2O7/c29-16-26(34)11-13-28(14-12-26)24(32)22(9-10-23(30)31)27-25(33)35-15-21-19-7-3-1-5-17(19)18-6-2-4-8-20(18)21/h1-8,21-22,29,34H,9-16H2,(H,27,33)(H,30,31). The van der Waals surface area contributed by atoms with Crippen molar-refractivity contribution in [1.82, 2.24) is 10.2 Å². The molecule has 1 fully saturated rings. The van der Waals surface area contributed by atoms with E-state index in [2.05, 4.69) is 5.32 Å². The van der Waals surface area contributed by atoms with Gasteiger partial charge in [0.15, 0.2) is 0 Å². The molecule has 4 N–H and O–H groups in total. The lowest BCUT2D eigenvalue weighted by Gasteiger charge is -2.38. The Morgan fingerprint density at radius 3 is 2.14 bits per heavy atom. The summed E-state index contributed by atoms with van der Waals surface area (Å²) in [6.07, 6.45) is -0.773. The van der Waals surface area contributed by atoms with Crippen molar-refractivity contribution in [3.63, 3.8) is 0 Å². The van der Waals surface area contributed by atoms with Crippen LogP contribution in [0.2, 0.25) is 0 Å². The lowest BCUT2D eigenvalue weighted by Crippen LogP contribution is -2.54. The van der Waals surface area contributed by atoms with Crippen molar-refractivity contribution in [1.29, 1.82) is 0 Å². The molecule has 1 aliphatic carbocycles. The molecule has 4 rings (SSSR count). The highest BCUT2D eigenvalue weighted by atomic mass is 16.5. The van der Waals surface area contributed by atoms with E-state index in [1.807, 2.05) is 48.5 Å². The van der Waals surface area contributed by atoms with Crippen molar-refractivity contribution in [2.75, 3.05) is 26.3 Å². The SMILES string of the molecule is O=C(O)CCC(NC(=O)OCC1c2ccccc2-c2ccccc21)C(=O)N1CCC(O)(CO)CC1. The quantitative estimate of drug-likeness (QED) is 0.452.